The molecule has 0 aliphatic carbocycles. The Morgan fingerprint density at radius 2 is 0.385 bits per heavy atom. The molecular formula is C85H166O17P2. The average Bonchev–Trinajstić information content (AvgIpc) is 0.915. The second-order valence-electron chi connectivity index (χ2n) is 30.6. The summed E-state index contributed by atoms with van der Waals surface area (Å²) in [6.45, 7) is 5.02. The number of aliphatic hydroxyl groups is 1. The molecule has 5 atom stereocenters. The van der Waals surface area contributed by atoms with Crippen LogP contribution in [-0.2, 0) is 65.4 Å². The molecular weight excluding hydrogens is 1350 g/mol. The largest absolute Gasteiger partial charge is 0.472 e. The Morgan fingerprint density at radius 3 is 0.567 bits per heavy atom. The molecule has 3 N–H and O–H groups in total. The van der Waals surface area contributed by atoms with E-state index in [9.17, 15) is 43.2 Å². The first-order chi connectivity index (χ1) is 50.7. The molecule has 0 spiro atoms. The van der Waals surface area contributed by atoms with Crippen molar-refractivity contribution in [2.45, 2.75) is 483 Å². The van der Waals surface area contributed by atoms with Gasteiger partial charge in [-0.3, -0.25) is 37.3 Å². The van der Waals surface area contributed by atoms with Gasteiger partial charge in [0, 0.05) is 25.7 Å². The van der Waals surface area contributed by atoms with Crippen molar-refractivity contribution in [3.63, 3.8) is 0 Å². The normalized spacial score (nSPS) is 13.7. The standard InChI is InChI=1S/C85H166O17P2/c1-5-9-13-17-21-25-28-31-34-37-39-40-42-44-47-50-53-56-60-64-68-72-85(90)102-81(76-96-83(88)70-66-62-58-54-51-48-46-43-41-38-35-32-29-26-22-18-14-10-6-2)78-100-104(93,94)98-74-79(86)73-97-103(91,92)99-77-80(75-95-82(87)69-65-61-57-24-20-16-12-8-4)101-84(89)71-67-63-59-55-52-49-45-36-33-30-27-23-19-15-11-7-3/h79-81,86H,5-78H2,1-4H3,(H,91,92)(H,93,94)/t79-,80+,81+/m0/s1. The number of hydrogen-bond donors (Lipinski definition) is 3. The third-order valence-electron chi connectivity index (χ3n) is 20.1. The molecule has 0 aromatic rings. The molecule has 2 unspecified atom stereocenters. The minimum atomic E-state index is -4.96. The van der Waals surface area contributed by atoms with Gasteiger partial charge in [-0.15, -0.1) is 0 Å². The Hall–Kier alpha value is -1.94. The molecule has 0 fully saturated rings. The highest BCUT2D eigenvalue weighted by Crippen LogP contribution is 2.45. The molecule has 0 rings (SSSR count). The van der Waals surface area contributed by atoms with Crippen molar-refractivity contribution in [1.29, 1.82) is 0 Å². The van der Waals surface area contributed by atoms with Crippen LogP contribution in [0.4, 0.5) is 0 Å². The summed E-state index contributed by atoms with van der Waals surface area (Å²) in [6.07, 6.45) is 73.8. The molecule has 0 saturated carbocycles. The van der Waals surface area contributed by atoms with Crippen LogP contribution >= 0.6 is 15.6 Å². The predicted octanol–water partition coefficient (Wildman–Crippen LogP) is 26.1. The van der Waals surface area contributed by atoms with Gasteiger partial charge in [0.2, 0.25) is 0 Å². The van der Waals surface area contributed by atoms with Gasteiger partial charge in [-0.05, 0) is 25.7 Å². The minimum Gasteiger partial charge on any atom is -0.462 e. The smallest absolute Gasteiger partial charge is 0.462 e. The van der Waals surface area contributed by atoms with E-state index in [2.05, 4.69) is 27.7 Å². The average molecular weight is 1520 g/mol. The Bertz CT molecular complexity index is 1960. The monoisotopic (exact) mass is 1520 g/mol. The molecule has 0 heterocycles. The number of esters is 4. The Labute approximate surface area is 638 Å². The van der Waals surface area contributed by atoms with Crippen LogP contribution in [0.2, 0.25) is 0 Å². The fourth-order valence-electron chi connectivity index (χ4n) is 13.3. The highest BCUT2D eigenvalue weighted by Gasteiger charge is 2.30. The Kier molecular flexibility index (Phi) is 77.7. The minimum absolute atomic E-state index is 0.109. The zero-order chi connectivity index (χ0) is 76.0. The van der Waals surface area contributed by atoms with E-state index in [1.165, 1.54) is 295 Å². The fraction of sp³-hybridized carbons (Fsp3) is 0.953. The quantitative estimate of drug-likeness (QED) is 0.0222. The number of hydrogen-bond acceptors (Lipinski definition) is 15. The molecule has 0 aliphatic rings. The molecule has 618 valence electrons. The van der Waals surface area contributed by atoms with E-state index in [1.54, 1.807) is 0 Å². The number of carbonyl (C=O) groups excluding carboxylic acids is 4. The first-order valence-corrected chi connectivity index (χ1v) is 47.3. The molecule has 104 heavy (non-hydrogen) atoms. The highest BCUT2D eigenvalue weighted by atomic mass is 31.2. The third kappa shape index (κ3) is 78.2. The topological polar surface area (TPSA) is 237 Å². The lowest BCUT2D eigenvalue weighted by Crippen LogP contribution is -2.30. The van der Waals surface area contributed by atoms with Crippen molar-refractivity contribution < 1.29 is 80.2 Å². The lowest BCUT2D eigenvalue weighted by molar-refractivity contribution is -0.161. The first kappa shape index (κ1) is 102. The molecule has 19 heteroatoms. The van der Waals surface area contributed by atoms with Gasteiger partial charge in [0.1, 0.15) is 19.3 Å². The van der Waals surface area contributed by atoms with Gasteiger partial charge in [0.15, 0.2) is 12.2 Å². The molecule has 17 nitrogen and oxygen atoms in total. The summed E-state index contributed by atoms with van der Waals surface area (Å²) in [4.78, 5) is 73.1. The maximum Gasteiger partial charge on any atom is 0.472 e. The lowest BCUT2D eigenvalue weighted by atomic mass is 10.0. The number of unbranched alkanes of at least 4 members (excludes halogenated alkanes) is 60. The van der Waals surface area contributed by atoms with Crippen LogP contribution in [-0.4, -0.2) is 96.7 Å². The number of ether oxygens (including phenoxy) is 4. The van der Waals surface area contributed by atoms with Crippen LogP contribution in [0.5, 0.6) is 0 Å². The second-order valence-corrected chi connectivity index (χ2v) is 33.5. The van der Waals surface area contributed by atoms with Crippen molar-refractivity contribution in [2.24, 2.45) is 0 Å². The zero-order valence-corrected chi connectivity index (χ0v) is 69.8. The van der Waals surface area contributed by atoms with Crippen molar-refractivity contribution in [2.75, 3.05) is 39.6 Å². The van der Waals surface area contributed by atoms with E-state index >= 15 is 0 Å². The van der Waals surface area contributed by atoms with Crippen LogP contribution < -0.4 is 0 Å². The lowest BCUT2D eigenvalue weighted by Gasteiger charge is -2.21. The van der Waals surface area contributed by atoms with Gasteiger partial charge in [-0.25, -0.2) is 9.13 Å². The summed E-state index contributed by atoms with van der Waals surface area (Å²) in [5.74, 6) is -2.10. The van der Waals surface area contributed by atoms with E-state index < -0.39 is 97.5 Å². The number of carbonyl (C=O) groups is 4. The Balaban J connectivity index is 5.18. The third-order valence-corrected chi connectivity index (χ3v) is 22.0. The molecule has 0 bridgehead atoms. The SMILES string of the molecule is CCCCCCCCCCCCCCCCCCCCCCCC(=O)O[C@H](COC(=O)CCCCCCCCCCCCCCCCCCCCC)COP(=O)(O)OC[C@@H](O)COP(=O)(O)OC[C@@H](COC(=O)CCCCCCCCCC)OC(=O)CCCCCCCCCCCCCCCCCC. The molecule has 0 saturated heterocycles. The van der Waals surface area contributed by atoms with Gasteiger partial charge in [-0.2, -0.15) is 0 Å². The summed E-state index contributed by atoms with van der Waals surface area (Å²) in [7, 11) is -9.92. The maximum atomic E-state index is 13.1. The highest BCUT2D eigenvalue weighted by molar-refractivity contribution is 7.47. The maximum absolute atomic E-state index is 13.1. The van der Waals surface area contributed by atoms with Gasteiger partial charge in [-0.1, -0.05) is 413 Å². The summed E-state index contributed by atoms with van der Waals surface area (Å²) < 4.78 is 68.8. The van der Waals surface area contributed by atoms with Gasteiger partial charge >= 0.3 is 39.5 Å². The summed E-state index contributed by atoms with van der Waals surface area (Å²) >= 11 is 0. The van der Waals surface area contributed by atoms with Crippen LogP contribution in [0.1, 0.15) is 464 Å². The van der Waals surface area contributed by atoms with Gasteiger partial charge in [0.25, 0.3) is 0 Å². The van der Waals surface area contributed by atoms with Gasteiger partial charge in [0.05, 0.1) is 26.4 Å². The van der Waals surface area contributed by atoms with E-state index in [0.29, 0.717) is 25.7 Å². The Morgan fingerprint density at radius 1 is 0.231 bits per heavy atom. The molecule has 0 aromatic heterocycles. The second kappa shape index (κ2) is 79.2. The van der Waals surface area contributed by atoms with E-state index in [4.69, 9.17) is 37.0 Å². The van der Waals surface area contributed by atoms with E-state index in [-0.39, 0.29) is 25.7 Å². The molecule has 0 amide bonds. The summed E-state index contributed by atoms with van der Waals surface area (Å²) in [5.41, 5.74) is 0. The predicted molar refractivity (Wildman–Crippen MR) is 428 cm³/mol. The number of rotatable bonds is 86. The van der Waals surface area contributed by atoms with Crippen LogP contribution in [0.25, 0.3) is 0 Å². The summed E-state index contributed by atoms with van der Waals surface area (Å²) in [5, 5.41) is 10.7. The molecule has 0 aliphatic heterocycles. The number of phosphoric ester groups is 2. The van der Waals surface area contributed by atoms with Crippen molar-refractivity contribution >= 4 is 39.5 Å². The van der Waals surface area contributed by atoms with Crippen LogP contribution in [0.3, 0.4) is 0 Å². The summed E-state index contributed by atoms with van der Waals surface area (Å²) in [6, 6.07) is 0. The molecule has 0 radical (unpaired) electrons. The zero-order valence-electron chi connectivity index (χ0n) is 68.0. The van der Waals surface area contributed by atoms with Gasteiger partial charge < -0.3 is 33.8 Å². The fourth-order valence-corrected chi connectivity index (χ4v) is 14.9. The van der Waals surface area contributed by atoms with E-state index in [1.807, 2.05) is 0 Å². The van der Waals surface area contributed by atoms with Crippen molar-refractivity contribution in [1.82, 2.24) is 0 Å². The molecule has 0 aromatic carbocycles. The van der Waals surface area contributed by atoms with Crippen molar-refractivity contribution in [3.05, 3.63) is 0 Å². The number of phosphoric acid groups is 2. The van der Waals surface area contributed by atoms with Crippen LogP contribution in [0.15, 0.2) is 0 Å². The first-order valence-electron chi connectivity index (χ1n) is 44.3. The van der Waals surface area contributed by atoms with Crippen LogP contribution in [0, 0.1) is 0 Å². The van der Waals surface area contributed by atoms with E-state index in [0.717, 1.165) is 89.9 Å². The van der Waals surface area contributed by atoms with Crippen molar-refractivity contribution in [3.8, 4) is 0 Å². The number of aliphatic hydroxyl groups excluding tert-OH is 1.